The number of aryl methyl sites for hydroxylation is 2. The zero-order valence-electron chi connectivity index (χ0n) is 15.5. The molecular weight excluding hydrogens is 354 g/mol. The summed E-state index contributed by atoms with van der Waals surface area (Å²) >= 11 is 1.52. The van der Waals surface area contributed by atoms with Gasteiger partial charge in [0.15, 0.2) is 17.6 Å². The predicted octanol–water partition coefficient (Wildman–Crippen LogP) is 3.24. The zero-order chi connectivity index (χ0) is 19.3. The van der Waals surface area contributed by atoms with Gasteiger partial charge >= 0.3 is 5.97 Å². The summed E-state index contributed by atoms with van der Waals surface area (Å²) in [4.78, 5) is 26.3. The van der Waals surface area contributed by atoms with Crippen LogP contribution in [0.5, 0.6) is 11.5 Å². The molecule has 1 amide bonds. The number of hydrogen-bond donors (Lipinski definition) is 1. The first kappa shape index (κ1) is 19.8. The van der Waals surface area contributed by atoms with Crippen LogP contribution < -0.4 is 14.8 Å². The fourth-order valence-electron chi connectivity index (χ4n) is 2.43. The van der Waals surface area contributed by atoms with Crippen LogP contribution in [0.25, 0.3) is 0 Å². The zero-order valence-corrected chi connectivity index (χ0v) is 16.4. The van der Waals surface area contributed by atoms with Crippen molar-refractivity contribution in [1.29, 1.82) is 0 Å². The van der Waals surface area contributed by atoms with Crippen molar-refractivity contribution in [2.45, 2.75) is 33.4 Å². The second-order valence-corrected chi connectivity index (χ2v) is 7.24. The van der Waals surface area contributed by atoms with Gasteiger partial charge in [0.05, 0.1) is 19.8 Å². The molecule has 7 heteroatoms. The number of carbonyl (C=O) groups excluding carboxylic acids is 2. The van der Waals surface area contributed by atoms with Gasteiger partial charge in [-0.05, 0) is 44.5 Å². The molecule has 1 aromatic carbocycles. The SMILES string of the molecule is COc1ccc(CNC(=O)[C@H](C)OC(=O)c2cc(C)sc2C)cc1OC. The lowest BCUT2D eigenvalue weighted by Gasteiger charge is -2.14. The Balaban J connectivity index is 1.93. The van der Waals surface area contributed by atoms with Crippen LogP contribution in [0, 0.1) is 13.8 Å². The molecular formula is C19H23NO5S. The molecule has 26 heavy (non-hydrogen) atoms. The second-order valence-electron chi connectivity index (χ2n) is 5.78. The van der Waals surface area contributed by atoms with E-state index in [9.17, 15) is 9.59 Å². The Labute approximate surface area is 157 Å². The fraction of sp³-hybridized carbons (Fsp3) is 0.368. The predicted molar refractivity (Wildman–Crippen MR) is 100 cm³/mol. The van der Waals surface area contributed by atoms with Crippen LogP contribution in [0.4, 0.5) is 0 Å². The summed E-state index contributed by atoms with van der Waals surface area (Å²) in [7, 11) is 3.11. The van der Waals surface area contributed by atoms with Gasteiger partial charge in [-0.1, -0.05) is 6.07 Å². The molecule has 1 N–H and O–H groups in total. The van der Waals surface area contributed by atoms with Crippen LogP contribution in [0.15, 0.2) is 24.3 Å². The number of nitrogens with one attached hydrogen (secondary N) is 1. The van der Waals surface area contributed by atoms with Crippen molar-refractivity contribution in [3.8, 4) is 11.5 Å². The molecule has 2 aromatic rings. The lowest BCUT2D eigenvalue weighted by atomic mass is 10.2. The quantitative estimate of drug-likeness (QED) is 0.750. The van der Waals surface area contributed by atoms with Crippen molar-refractivity contribution in [2.24, 2.45) is 0 Å². The highest BCUT2D eigenvalue weighted by Gasteiger charge is 2.21. The molecule has 0 saturated heterocycles. The number of thiophene rings is 1. The van der Waals surface area contributed by atoms with E-state index in [1.807, 2.05) is 19.9 Å². The largest absolute Gasteiger partial charge is 0.493 e. The number of hydrogen-bond acceptors (Lipinski definition) is 6. The summed E-state index contributed by atoms with van der Waals surface area (Å²) in [5.74, 6) is 0.353. The Morgan fingerprint density at radius 3 is 2.38 bits per heavy atom. The average molecular weight is 377 g/mol. The number of esters is 1. The smallest absolute Gasteiger partial charge is 0.340 e. The first-order valence-corrected chi connectivity index (χ1v) is 8.94. The summed E-state index contributed by atoms with van der Waals surface area (Å²) in [6.07, 6.45) is -0.887. The van der Waals surface area contributed by atoms with Crippen molar-refractivity contribution in [2.75, 3.05) is 14.2 Å². The van der Waals surface area contributed by atoms with E-state index in [4.69, 9.17) is 14.2 Å². The Morgan fingerprint density at radius 1 is 1.12 bits per heavy atom. The number of benzene rings is 1. The number of amides is 1. The lowest BCUT2D eigenvalue weighted by molar-refractivity contribution is -0.129. The first-order chi connectivity index (χ1) is 12.3. The van der Waals surface area contributed by atoms with Gasteiger partial charge in [0.25, 0.3) is 5.91 Å². The van der Waals surface area contributed by atoms with Gasteiger partial charge in [-0.2, -0.15) is 0 Å². The van der Waals surface area contributed by atoms with E-state index >= 15 is 0 Å². The maximum atomic E-state index is 12.2. The number of rotatable bonds is 7. The van der Waals surface area contributed by atoms with E-state index in [2.05, 4.69) is 5.32 Å². The minimum absolute atomic E-state index is 0.289. The summed E-state index contributed by atoms with van der Waals surface area (Å²) in [6.45, 7) is 5.62. The number of methoxy groups -OCH3 is 2. The minimum atomic E-state index is -0.887. The molecule has 1 aromatic heterocycles. The Kier molecular flexibility index (Phi) is 6.63. The topological polar surface area (TPSA) is 73.9 Å². The molecule has 0 aliphatic rings. The molecule has 0 spiro atoms. The van der Waals surface area contributed by atoms with Crippen LogP contribution >= 0.6 is 11.3 Å². The molecule has 140 valence electrons. The van der Waals surface area contributed by atoms with Crippen molar-refractivity contribution in [3.63, 3.8) is 0 Å². The molecule has 0 saturated carbocycles. The summed E-state index contributed by atoms with van der Waals surface area (Å²) in [5.41, 5.74) is 1.35. The molecule has 0 radical (unpaired) electrons. The van der Waals surface area contributed by atoms with E-state index < -0.39 is 12.1 Å². The molecule has 0 bridgehead atoms. The molecule has 2 rings (SSSR count). The summed E-state index contributed by atoms with van der Waals surface area (Å²) < 4.78 is 15.7. The molecule has 0 fully saturated rings. The van der Waals surface area contributed by atoms with E-state index in [0.29, 0.717) is 17.1 Å². The first-order valence-electron chi connectivity index (χ1n) is 8.12. The molecule has 0 aliphatic carbocycles. The molecule has 0 unspecified atom stereocenters. The van der Waals surface area contributed by atoms with Gasteiger partial charge < -0.3 is 19.5 Å². The van der Waals surface area contributed by atoms with Crippen LogP contribution in [0.3, 0.4) is 0 Å². The molecule has 1 atom stereocenters. The van der Waals surface area contributed by atoms with Crippen molar-refractivity contribution >= 4 is 23.2 Å². The van der Waals surface area contributed by atoms with E-state index in [1.54, 1.807) is 39.3 Å². The summed E-state index contributed by atoms with van der Waals surface area (Å²) in [6, 6.07) is 7.16. The standard InChI is InChI=1S/C19H23NO5S/c1-11-8-15(13(3)26-11)19(22)25-12(2)18(21)20-10-14-6-7-16(23-4)17(9-14)24-5/h6-9,12H,10H2,1-5H3,(H,20,21)/t12-/m0/s1. The second kappa shape index (κ2) is 8.71. The van der Waals surface area contributed by atoms with Crippen LogP contribution in [0.1, 0.15) is 32.6 Å². The van der Waals surface area contributed by atoms with Crippen molar-refractivity contribution < 1.29 is 23.8 Å². The normalized spacial score (nSPS) is 11.6. The molecule has 0 aliphatic heterocycles. The van der Waals surface area contributed by atoms with Crippen LogP contribution in [-0.2, 0) is 16.1 Å². The monoisotopic (exact) mass is 377 g/mol. The van der Waals surface area contributed by atoms with E-state index in [0.717, 1.165) is 15.3 Å². The third-order valence-corrected chi connectivity index (χ3v) is 4.79. The Bertz CT molecular complexity index is 799. The fourth-order valence-corrected chi connectivity index (χ4v) is 3.35. The number of carbonyl (C=O) groups is 2. The minimum Gasteiger partial charge on any atom is -0.493 e. The maximum Gasteiger partial charge on any atom is 0.340 e. The van der Waals surface area contributed by atoms with Crippen molar-refractivity contribution in [1.82, 2.24) is 5.32 Å². The third-order valence-electron chi connectivity index (χ3n) is 3.83. The van der Waals surface area contributed by atoms with Crippen LogP contribution in [0.2, 0.25) is 0 Å². The van der Waals surface area contributed by atoms with E-state index in [1.165, 1.54) is 11.3 Å². The molecule has 6 nitrogen and oxygen atoms in total. The van der Waals surface area contributed by atoms with Crippen LogP contribution in [-0.4, -0.2) is 32.2 Å². The van der Waals surface area contributed by atoms with Gasteiger partial charge in [0, 0.05) is 16.3 Å². The highest BCUT2D eigenvalue weighted by Crippen LogP contribution is 2.27. The maximum absolute atomic E-state index is 12.2. The highest BCUT2D eigenvalue weighted by molar-refractivity contribution is 7.12. The third kappa shape index (κ3) is 4.76. The lowest BCUT2D eigenvalue weighted by Crippen LogP contribution is -2.35. The van der Waals surface area contributed by atoms with Gasteiger partial charge in [-0.15, -0.1) is 11.3 Å². The van der Waals surface area contributed by atoms with Gasteiger partial charge in [-0.3, -0.25) is 4.79 Å². The Hall–Kier alpha value is -2.54. The highest BCUT2D eigenvalue weighted by atomic mass is 32.1. The van der Waals surface area contributed by atoms with Crippen molar-refractivity contribution in [3.05, 3.63) is 45.1 Å². The van der Waals surface area contributed by atoms with E-state index in [-0.39, 0.29) is 12.5 Å². The van der Waals surface area contributed by atoms with Gasteiger partial charge in [-0.25, -0.2) is 4.79 Å². The molecule has 1 heterocycles. The van der Waals surface area contributed by atoms with Gasteiger partial charge in [0.1, 0.15) is 0 Å². The van der Waals surface area contributed by atoms with Gasteiger partial charge in [0.2, 0.25) is 0 Å². The average Bonchev–Trinajstić information content (AvgIpc) is 2.97. The summed E-state index contributed by atoms with van der Waals surface area (Å²) in [5, 5.41) is 2.75. The Morgan fingerprint density at radius 2 is 1.81 bits per heavy atom. The number of ether oxygens (including phenoxy) is 3.